The Bertz CT molecular complexity index is 400. The molecule has 0 saturated carbocycles. The fourth-order valence-corrected chi connectivity index (χ4v) is 2.37. The second-order valence-electron chi connectivity index (χ2n) is 6.41. The predicted molar refractivity (Wildman–Crippen MR) is 74.0 cm³/mol. The first-order chi connectivity index (χ1) is 9.12. The Morgan fingerprint density at radius 2 is 1.95 bits per heavy atom. The van der Waals surface area contributed by atoms with Crippen molar-refractivity contribution < 1.29 is 19.5 Å². The van der Waals surface area contributed by atoms with Crippen LogP contribution in [0.1, 0.15) is 47.0 Å². The lowest BCUT2D eigenvalue weighted by Gasteiger charge is -2.30. The number of hydrogen-bond donors (Lipinski definition) is 2. The van der Waals surface area contributed by atoms with Gasteiger partial charge in [0.15, 0.2) is 0 Å². The normalized spacial score (nSPS) is 20.6. The molecule has 0 spiro atoms. The summed E-state index contributed by atoms with van der Waals surface area (Å²) in [7, 11) is 0. The summed E-state index contributed by atoms with van der Waals surface area (Å²) in [5.74, 6) is -1.25. The Morgan fingerprint density at radius 3 is 2.45 bits per heavy atom. The van der Waals surface area contributed by atoms with Gasteiger partial charge in [-0.15, -0.1) is 0 Å². The van der Waals surface area contributed by atoms with Crippen molar-refractivity contribution in [2.24, 2.45) is 5.41 Å². The highest BCUT2D eigenvalue weighted by Crippen LogP contribution is 2.25. The molecule has 0 radical (unpaired) electrons. The van der Waals surface area contributed by atoms with Crippen LogP contribution in [0, 0.1) is 5.41 Å². The molecule has 2 atom stereocenters. The van der Waals surface area contributed by atoms with E-state index >= 15 is 0 Å². The van der Waals surface area contributed by atoms with E-state index in [1.165, 1.54) is 0 Å². The molecule has 1 fully saturated rings. The van der Waals surface area contributed by atoms with Crippen molar-refractivity contribution in [1.82, 2.24) is 10.2 Å². The number of likely N-dealkylation sites (tertiary alicyclic amines) is 1. The van der Waals surface area contributed by atoms with Gasteiger partial charge < -0.3 is 15.3 Å². The number of nitrogens with zero attached hydrogens (tertiary/aromatic N) is 1. The van der Waals surface area contributed by atoms with E-state index in [4.69, 9.17) is 5.11 Å². The lowest BCUT2D eigenvalue weighted by Crippen LogP contribution is -2.51. The van der Waals surface area contributed by atoms with Gasteiger partial charge in [-0.25, -0.2) is 0 Å². The van der Waals surface area contributed by atoms with Gasteiger partial charge in [0.05, 0.1) is 6.42 Å². The third-order valence-electron chi connectivity index (χ3n) is 3.33. The number of carbonyl (C=O) groups is 3. The number of carboxylic acid groups (broad SMARTS) is 1. The minimum Gasteiger partial charge on any atom is -0.481 e. The van der Waals surface area contributed by atoms with E-state index < -0.39 is 23.5 Å². The van der Waals surface area contributed by atoms with Crippen LogP contribution in [-0.4, -0.2) is 46.4 Å². The summed E-state index contributed by atoms with van der Waals surface area (Å²) in [5, 5.41) is 11.4. The molecule has 2 amide bonds. The average molecular weight is 284 g/mol. The molecule has 1 heterocycles. The third-order valence-corrected chi connectivity index (χ3v) is 3.33. The largest absolute Gasteiger partial charge is 0.481 e. The van der Waals surface area contributed by atoms with Crippen molar-refractivity contribution >= 4 is 17.8 Å². The van der Waals surface area contributed by atoms with Crippen molar-refractivity contribution in [3.05, 3.63) is 0 Å². The Labute approximate surface area is 119 Å². The maximum absolute atomic E-state index is 12.3. The molecule has 0 aliphatic carbocycles. The number of rotatable bonds is 4. The van der Waals surface area contributed by atoms with Gasteiger partial charge in [0.2, 0.25) is 11.8 Å². The third kappa shape index (κ3) is 4.21. The molecule has 1 rings (SSSR count). The summed E-state index contributed by atoms with van der Waals surface area (Å²) in [6.45, 7) is 7.72. The zero-order valence-corrected chi connectivity index (χ0v) is 12.6. The monoisotopic (exact) mass is 284 g/mol. The maximum atomic E-state index is 12.3. The second-order valence-corrected chi connectivity index (χ2v) is 6.41. The van der Waals surface area contributed by atoms with E-state index in [0.717, 1.165) is 6.42 Å². The molecule has 0 unspecified atom stereocenters. The molecule has 0 aromatic rings. The van der Waals surface area contributed by atoms with Crippen molar-refractivity contribution in [3.8, 4) is 0 Å². The zero-order chi connectivity index (χ0) is 15.5. The summed E-state index contributed by atoms with van der Waals surface area (Å²) in [5.41, 5.74) is -0.518. The molecule has 2 N–H and O–H groups in total. The minimum absolute atomic E-state index is 0.0407. The summed E-state index contributed by atoms with van der Waals surface area (Å²) in [6.07, 6.45) is 1.31. The number of nitrogens with one attached hydrogen (secondary N) is 1. The van der Waals surface area contributed by atoms with Crippen LogP contribution in [0.4, 0.5) is 0 Å². The standard InChI is InChI=1S/C14H24N2O4/c1-9(8-11(17)18)15-12(19)10-6-5-7-16(10)13(20)14(2,3)4/h9-10H,5-8H2,1-4H3,(H,15,19)(H,17,18)/t9-,10-/m0/s1. The van der Waals surface area contributed by atoms with Gasteiger partial charge in [-0.05, 0) is 19.8 Å². The number of aliphatic carboxylic acids is 1. The van der Waals surface area contributed by atoms with Crippen molar-refractivity contribution in [2.75, 3.05) is 6.54 Å². The lowest BCUT2D eigenvalue weighted by atomic mass is 9.94. The topological polar surface area (TPSA) is 86.7 Å². The highest BCUT2D eigenvalue weighted by molar-refractivity contribution is 5.90. The number of carbonyl (C=O) groups excluding carboxylic acids is 2. The SMILES string of the molecule is C[C@@H](CC(=O)O)NC(=O)[C@@H]1CCCN1C(=O)C(C)(C)C. The smallest absolute Gasteiger partial charge is 0.305 e. The molecule has 20 heavy (non-hydrogen) atoms. The van der Waals surface area contributed by atoms with Gasteiger partial charge in [-0.1, -0.05) is 20.8 Å². The van der Waals surface area contributed by atoms with Crippen LogP contribution < -0.4 is 5.32 Å². The summed E-state index contributed by atoms with van der Waals surface area (Å²) in [4.78, 5) is 36.7. The Kier molecular flexibility index (Phi) is 5.14. The highest BCUT2D eigenvalue weighted by atomic mass is 16.4. The molecule has 1 aliphatic heterocycles. The van der Waals surface area contributed by atoms with E-state index in [0.29, 0.717) is 13.0 Å². The molecule has 0 aromatic heterocycles. The van der Waals surface area contributed by atoms with Crippen LogP contribution in [0.15, 0.2) is 0 Å². The Morgan fingerprint density at radius 1 is 1.35 bits per heavy atom. The van der Waals surface area contributed by atoms with Crippen LogP contribution in [0.5, 0.6) is 0 Å². The van der Waals surface area contributed by atoms with E-state index in [1.54, 1.807) is 11.8 Å². The molecule has 0 aromatic carbocycles. The molecule has 0 bridgehead atoms. The van der Waals surface area contributed by atoms with Crippen LogP contribution >= 0.6 is 0 Å². The predicted octanol–water partition coefficient (Wildman–Crippen LogP) is 1.00. The molecule has 1 saturated heterocycles. The number of hydrogen-bond acceptors (Lipinski definition) is 3. The van der Waals surface area contributed by atoms with Gasteiger partial charge in [0, 0.05) is 18.0 Å². The summed E-state index contributed by atoms with van der Waals surface area (Å²) >= 11 is 0. The molecular weight excluding hydrogens is 260 g/mol. The van der Waals surface area contributed by atoms with Crippen molar-refractivity contribution in [2.45, 2.75) is 59.0 Å². The van der Waals surface area contributed by atoms with E-state index in [2.05, 4.69) is 5.32 Å². The summed E-state index contributed by atoms with van der Waals surface area (Å²) < 4.78 is 0. The minimum atomic E-state index is -0.952. The van der Waals surface area contributed by atoms with E-state index in [9.17, 15) is 14.4 Å². The molecule has 6 nitrogen and oxygen atoms in total. The van der Waals surface area contributed by atoms with Crippen LogP contribution in [0.3, 0.4) is 0 Å². The van der Waals surface area contributed by atoms with Gasteiger partial charge in [0.25, 0.3) is 0 Å². The number of carboxylic acids is 1. The average Bonchev–Trinajstić information content (AvgIpc) is 2.73. The Balaban J connectivity index is 2.67. The van der Waals surface area contributed by atoms with Gasteiger partial charge in [-0.2, -0.15) is 0 Å². The second kappa shape index (κ2) is 6.24. The van der Waals surface area contributed by atoms with Crippen LogP contribution in [0.2, 0.25) is 0 Å². The van der Waals surface area contributed by atoms with Crippen molar-refractivity contribution in [1.29, 1.82) is 0 Å². The zero-order valence-electron chi connectivity index (χ0n) is 12.6. The van der Waals surface area contributed by atoms with Crippen molar-refractivity contribution in [3.63, 3.8) is 0 Å². The molecule has 6 heteroatoms. The van der Waals surface area contributed by atoms with Crippen LogP contribution in [0.25, 0.3) is 0 Å². The first-order valence-electron chi connectivity index (χ1n) is 6.96. The van der Waals surface area contributed by atoms with E-state index in [-0.39, 0.29) is 18.2 Å². The summed E-state index contributed by atoms with van der Waals surface area (Å²) in [6, 6.07) is -0.912. The molecular formula is C14H24N2O4. The van der Waals surface area contributed by atoms with Gasteiger partial charge in [0.1, 0.15) is 6.04 Å². The van der Waals surface area contributed by atoms with Crippen LogP contribution in [-0.2, 0) is 14.4 Å². The molecule has 114 valence electrons. The fourth-order valence-electron chi connectivity index (χ4n) is 2.37. The fraction of sp³-hybridized carbons (Fsp3) is 0.786. The van der Waals surface area contributed by atoms with E-state index in [1.807, 2.05) is 20.8 Å². The van der Waals surface area contributed by atoms with Gasteiger partial charge >= 0.3 is 5.97 Å². The first kappa shape index (κ1) is 16.5. The first-order valence-corrected chi connectivity index (χ1v) is 6.96. The maximum Gasteiger partial charge on any atom is 0.305 e. The Hall–Kier alpha value is -1.59. The van der Waals surface area contributed by atoms with Gasteiger partial charge in [-0.3, -0.25) is 14.4 Å². The molecule has 1 aliphatic rings. The number of amides is 2. The lowest BCUT2D eigenvalue weighted by molar-refractivity contribution is -0.145. The quantitative estimate of drug-likeness (QED) is 0.806. The highest BCUT2D eigenvalue weighted by Gasteiger charge is 2.38.